The van der Waals surface area contributed by atoms with Crippen LogP contribution in [-0.2, 0) is 10.2 Å². The molecule has 0 amide bonds. The highest BCUT2D eigenvalue weighted by atomic mass is 16.5. The molecule has 0 radical (unpaired) electrons. The van der Waals surface area contributed by atoms with Crippen LogP contribution >= 0.6 is 0 Å². The van der Waals surface area contributed by atoms with Crippen molar-refractivity contribution in [3.05, 3.63) is 65.7 Å². The van der Waals surface area contributed by atoms with Crippen LogP contribution in [0, 0.1) is 0 Å². The monoisotopic (exact) mass is 353 g/mol. The zero-order chi connectivity index (χ0) is 18.6. The third kappa shape index (κ3) is 4.66. The van der Waals surface area contributed by atoms with Crippen LogP contribution in [0.25, 0.3) is 0 Å². The van der Waals surface area contributed by atoms with Crippen molar-refractivity contribution < 1.29 is 9.47 Å². The molecule has 1 aliphatic heterocycles. The first kappa shape index (κ1) is 18.9. The van der Waals surface area contributed by atoms with Gasteiger partial charge in [-0.25, -0.2) is 0 Å². The molecule has 1 fully saturated rings. The van der Waals surface area contributed by atoms with Crippen molar-refractivity contribution in [3.8, 4) is 5.75 Å². The number of hydrogen-bond acceptors (Lipinski definition) is 3. The zero-order valence-corrected chi connectivity index (χ0v) is 16.4. The van der Waals surface area contributed by atoms with Crippen molar-refractivity contribution in [1.82, 2.24) is 4.90 Å². The molecule has 0 aromatic heterocycles. The first-order chi connectivity index (χ1) is 12.4. The van der Waals surface area contributed by atoms with Crippen LogP contribution in [0.2, 0.25) is 0 Å². The van der Waals surface area contributed by atoms with Crippen LogP contribution in [0.4, 0.5) is 0 Å². The minimum Gasteiger partial charge on any atom is -0.492 e. The first-order valence-corrected chi connectivity index (χ1v) is 9.62. The second-order valence-corrected chi connectivity index (χ2v) is 7.88. The lowest BCUT2D eigenvalue weighted by Crippen LogP contribution is -2.46. The van der Waals surface area contributed by atoms with Gasteiger partial charge in [0.2, 0.25) is 0 Å². The molecule has 2 aromatic rings. The van der Waals surface area contributed by atoms with E-state index in [0.29, 0.717) is 18.8 Å². The molecule has 26 heavy (non-hydrogen) atoms. The Balaban J connectivity index is 1.55. The van der Waals surface area contributed by atoms with Crippen LogP contribution in [-0.4, -0.2) is 43.3 Å². The average Bonchev–Trinajstić information content (AvgIpc) is 2.62. The standard InChI is InChI=1S/C23H31NO2/c1-18-16-24(17-19(2)26-18)14-15-25-22-12-10-21(11-13-22)23(3,4)20-8-6-5-7-9-20/h5-13,18-19H,14-17H2,1-4H3/t18-,19-/m1/s1. The maximum Gasteiger partial charge on any atom is 0.119 e. The molecule has 2 aromatic carbocycles. The summed E-state index contributed by atoms with van der Waals surface area (Å²) >= 11 is 0. The Labute approximate surface area is 157 Å². The van der Waals surface area contributed by atoms with Crippen molar-refractivity contribution in [3.63, 3.8) is 0 Å². The van der Waals surface area contributed by atoms with Gasteiger partial charge < -0.3 is 9.47 Å². The average molecular weight is 354 g/mol. The lowest BCUT2D eigenvalue weighted by atomic mass is 9.78. The summed E-state index contributed by atoms with van der Waals surface area (Å²) in [6.07, 6.45) is 0.608. The van der Waals surface area contributed by atoms with Gasteiger partial charge in [-0.15, -0.1) is 0 Å². The van der Waals surface area contributed by atoms with Gasteiger partial charge in [0, 0.05) is 25.0 Å². The summed E-state index contributed by atoms with van der Waals surface area (Å²) < 4.78 is 11.8. The maximum atomic E-state index is 5.97. The van der Waals surface area contributed by atoms with Crippen molar-refractivity contribution in [2.24, 2.45) is 0 Å². The Morgan fingerprint density at radius 1 is 0.923 bits per heavy atom. The van der Waals surface area contributed by atoms with Crippen LogP contribution in [0.15, 0.2) is 54.6 Å². The van der Waals surface area contributed by atoms with Gasteiger partial charge in [-0.1, -0.05) is 56.3 Å². The Morgan fingerprint density at radius 2 is 1.50 bits per heavy atom. The molecule has 0 saturated carbocycles. The molecular weight excluding hydrogens is 322 g/mol. The van der Waals surface area contributed by atoms with Crippen LogP contribution in [0.5, 0.6) is 5.75 Å². The second kappa shape index (κ2) is 8.24. The van der Waals surface area contributed by atoms with E-state index in [1.807, 2.05) is 0 Å². The van der Waals surface area contributed by atoms with Crippen LogP contribution < -0.4 is 4.74 Å². The summed E-state index contributed by atoms with van der Waals surface area (Å²) in [4.78, 5) is 2.42. The topological polar surface area (TPSA) is 21.7 Å². The maximum absolute atomic E-state index is 5.97. The minimum atomic E-state index is -0.0140. The summed E-state index contributed by atoms with van der Waals surface area (Å²) in [6.45, 7) is 12.4. The molecule has 1 aliphatic rings. The van der Waals surface area contributed by atoms with Gasteiger partial charge in [0.15, 0.2) is 0 Å². The van der Waals surface area contributed by atoms with Gasteiger partial charge in [0.05, 0.1) is 12.2 Å². The fraction of sp³-hybridized carbons (Fsp3) is 0.478. The number of morpholine rings is 1. The molecule has 3 rings (SSSR count). The smallest absolute Gasteiger partial charge is 0.119 e. The molecule has 0 N–H and O–H groups in total. The minimum absolute atomic E-state index is 0.0140. The van der Waals surface area contributed by atoms with Crippen molar-refractivity contribution in [2.45, 2.75) is 45.3 Å². The van der Waals surface area contributed by atoms with E-state index in [4.69, 9.17) is 9.47 Å². The summed E-state index contributed by atoms with van der Waals surface area (Å²) in [5, 5.41) is 0. The Bertz CT molecular complexity index is 671. The number of benzene rings is 2. The van der Waals surface area contributed by atoms with E-state index >= 15 is 0 Å². The molecule has 3 nitrogen and oxygen atoms in total. The number of rotatable bonds is 6. The summed E-state index contributed by atoms with van der Waals surface area (Å²) in [5.41, 5.74) is 2.61. The molecule has 0 bridgehead atoms. The lowest BCUT2D eigenvalue weighted by molar-refractivity contribution is -0.0699. The van der Waals surface area contributed by atoms with Gasteiger partial charge in [-0.05, 0) is 37.1 Å². The quantitative estimate of drug-likeness (QED) is 0.763. The van der Waals surface area contributed by atoms with E-state index in [-0.39, 0.29) is 5.41 Å². The van der Waals surface area contributed by atoms with E-state index in [9.17, 15) is 0 Å². The van der Waals surface area contributed by atoms with E-state index in [1.165, 1.54) is 11.1 Å². The first-order valence-electron chi connectivity index (χ1n) is 9.62. The number of hydrogen-bond donors (Lipinski definition) is 0. The second-order valence-electron chi connectivity index (χ2n) is 7.88. The third-order valence-electron chi connectivity index (χ3n) is 5.24. The Morgan fingerprint density at radius 3 is 2.12 bits per heavy atom. The number of ether oxygens (including phenoxy) is 2. The zero-order valence-electron chi connectivity index (χ0n) is 16.4. The molecule has 2 atom stereocenters. The molecular formula is C23H31NO2. The van der Waals surface area contributed by atoms with Gasteiger partial charge in [-0.3, -0.25) is 4.90 Å². The fourth-order valence-corrected chi connectivity index (χ4v) is 3.75. The van der Waals surface area contributed by atoms with Crippen LogP contribution in [0.1, 0.15) is 38.8 Å². The highest BCUT2D eigenvalue weighted by Gasteiger charge is 2.23. The van der Waals surface area contributed by atoms with Gasteiger partial charge >= 0.3 is 0 Å². The predicted octanol–water partition coefficient (Wildman–Crippen LogP) is 4.50. The normalized spacial score (nSPS) is 21.5. The molecule has 140 valence electrons. The van der Waals surface area contributed by atoms with E-state index < -0.39 is 0 Å². The highest BCUT2D eigenvalue weighted by molar-refractivity contribution is 5.39. The summed E-state index contributed by atoms with van der Waals surface area (Å²) in [7, 11) is 0. The largest absolute Gasteiger partial charge is 0.492 e. The molecule has 1 saturated heterocycles. The third-order valence-corrected chi connectivity index (χ3v) is 5.24. The van der Waals surface area contributed by atoms with Gasteiger partial charge in [0.1, 0.15) is 12.4 Å². The SMILES string of the molecule is C[C@@H]1CN(CCOc2ccc(C(C)(C)c3ccccc3)cc2)C[C@@H](C)O1. The molecule has 3 heteroatoms. The summed E-state index contributed by atoms with van der Waals surface area (Å²) in [5.74, 6) is 0.937. The molecule has 1 heterocycles. The predicted molar refractivity (Wildman–Crippen MR) is 107 cm³/mol. The lowest BCUT2D eigenvalue weighted by Gasteiger charge is -2.35. The molecule has 0 aliphatic carbocycles. The van der Waals surface area contributed by atoms with E-state index in [0.717, 1.165) is 25.4 Å². The van der Waals surface area contributed by atoms with Gasteiger partial charge in [-0.2, -0.15) is 0 Å². The van der Waals surface area contributed by atoms with E-state index in [2.05, 4.69) is 87.2 Å². The molecule has 0 unspecified atom stereocenters. The number of nitrogens with zero attached hydrogens (tertiary/aromatic N) is 1. The van der Waals surface area contributed by atoms with Crippen molar-refractivity contribution in [2.75, 3.05) is 26.2 Å². The highest BCUT2D eigenvalue weighted by Crippen LogP contribution is 2.32. The van der Waals surface area contributed by atoms with Crippen molar-refractivity contribution >= 4 is 0 Å². The summed E-state index contributed by atoms with van der Waals surface area (Å²) in [6, 6.07) is 19.2. The van der Waals surface area contributed by atoms with E-state index in [1.54, 1.807) is 0 Å². The van der Waals surface area contributed by atoms with Gasteiger partial charge in [0.25, 0.3) is 0 Å². The fourth-order valence-electron chi connectivity index (χ4n) is 3.75. The Kier molecular flexibility index (Phi) is 6.00. The van der Waals surface area contributed by atoms with Crippen molar-refractivity contribution in [1.29, 1.82) is 0 Å². The molecule has 0 spiro atoms. The Hall–Kier alpha value is -1.84. The van der Waals surface area contributed by atoms with Crippen LogP contribution in [0.3, 0.4) is 0 Å².